The Morgan fingerprint density at radius 3 is 2.32 bits per heavy atom. The summed E-state index contributed by atoms with van der Waals surface area (Å²) in [5.41, 5.74) is 4.05. The summed E-state index contributed by atoms with van der Waals surface area (Å²) in [5, 5.41) is 3.69. The number of rotatable bonds is 6. The maximum Gasteiger partial charge on any atom is 0.336 e. The monoisotopic (exact) mass is 450 g/mol. The van der Waals surface area contributed by atoms with Gasteiger partial charge in [-0.1, -0.05) is 60.7 Å². The molecular formula is C28H22N2O4. The van der Waals surface area contributed by atoms with Crippen LogP contribution in [0.15, 0.2) is 98.6 Å². The highest BCUT2D eigenvalue weighted by Crippen LogP contribution is 2.33. The largest absolute Gasteiger partial charge is 0.440 e. The van der Waals surface area contributed by atoms with Gasteiger partial charge in [-0.15, -0.1) is 0 Å². The highest BCUT2D eigenvalue weighted by atomic mass is 16.4. The van der Waals surface area contributed by atoms with Crippen LogP contribution in [-0.2, 0) is 11.2 Å². The fourth-order valence-corrected chi connectivity index (χ4v) is 3.89. The molecule has 0 aliphatic heterocycles. The van der Waals surface area contributed by atoms with Crippen molar-refractivity contribution in [2.45, 2.75) is 19.8 Å². The molecule has 0 spiro atoms. The van der Waals surface area contributed by atoms with Crippen molar-refractivity contribution in [3.63, 3.8) is 0 Å². The molecular weight excluding hydrogens is 428 g/mol. The lowest BCUT2D eigenvalue weighted by atomic mass is 10.1. The van der Waals surface area contributed by atoms with Crippen LogP contribution in [-0.4, -0.2) is 10.9 Å². The number of carbonyl (C=O) groups is 1. The molecule has 168 valence electrons. The van der Waals surface area contributed by atoms with Crippen LogP contribution in [0.4, 0.5) is 5.69 Å². The molecule has 1 amide bonds. The smallest absolute Gasteiger partial charge is 0.336 e. The number of oxazole rings is 1. The lowest BCUT2D eigenvalue weighted by molar-refractivity contribution is -0.116. The number of aryl methyl sites for hydroxylation is 2. The number of hydrogen-bond acceptors (Lipinski definition) is 5. The molecule has 6 nitrogen and oxygen atoms in total. The number of hydrogen-bond donors (Lipinski definition) is 1. The van der Waals surface area contributed by atoms with E-state index in [1.54, 1.807) is 12.1 Å². The van der Waals surface area contributed by atoms with Gasteiger partial charge in [0, 0.05) is 47.2 Å². The van der Waals surface area contributed by atoms with Crippen LogP contribution < -0.4 is 10.9 Å². The molecule has 0 bridgehead atoms. The molecule has 2 aromatic heterocycles. The van der Waals surface area contributed by atoms with Crippen molar-refractivity contribution >= 4 is 22.6 Å². The SMILES string of the molecule is Cc1cc(=O)oc2cc(NC(=O)CCc3nc(-c4ccccc4)c(-c4ccccc4)o3)ccc12. The molecule has 1 N–H and O–H groups in total. The molecule has 5 rings (SSSR count). The van der Waals surface area contributed by atoms with Crippen molar-refractivity contribution in [3.8, 4) is 22.6 Å². The maximum atomic E-state index is 12.6. The van der Waals surface area contributed by atoms with Crippen molar-refractivity contribution in [1.82, 2.24) is 4.98 Å². The summed E-state index contributed by atoms with van der Waals surface area (Å²) in [4.78, 5) is 29.0. The van der Waals surface area contributed by atoms with E-state index in [9.17, 15) is 9.59 Å². The third-order valence-electron chi connectivity index (χ3n) is 5.56. The summed E-state index contributed by atoms with van der Waals surface area (Å²) in [6.07, 6.45) is 0.541. The quantitative estimate of drug-likeness (QED) is 0.321. The van der Waals surface area contributed by atoms with Gasteiger partial charge in [-0.3, -0.25) is 4.79 Å². The average molecular weight is 450 g/mol. The number of carbonyl (C=O) groups excluding carboxylic acids is 1. The number of amides is 1. The molecule has 0 aliphatic rings. The first-order chi connectivity index (χ1) is 16.6. The standard InChI is InChI=1S/C28H22N2O4/c1-18-16-26(32)33-23-17-21(12-13-22(18)23)29-24(31)14-15-25-30-27(19-8-4-2-5-9-19)28(34-25)20-10-6-3-7-11-20/h2-13,16-17H,14-15H2,1H3,(H,29,31). The summed E-state index contributed by atoms with van der Waals surface area (Å²) in [6.45, 7) is 1.85. The third kappa shape index (κ3) is 4.52. The van der Waals surface area contributed by atoms with E-state index in [-0.39, 0.29) is 12.3 Å². The van der Waals surface area contributed by atoms with Crippen LogP contribution in [0.5, 0.6) is 0 Å². The number of fused-ring (bicyclic) bond motifs is 1. The van der Waals surface area contributed by atoms with E-state index in [0.717, 1.165) is 27.8 Å². The first kappa shape index (κ1) is 21.4. The van der Waals surface area contributed by atoms with Crippen molar-refractivity contribution in [3.05, 3.63) is 107 Å². The highest BCUT2D eigenvalue weighted by molar-refractivity contribution is 5.93. The van der Waals surface area contributed by atoms with E-state index in [1.807, 2.05) is 73.7 Å². The minimum Gasteiger partial charge on any atom is -0.440 e. The third-order valence-corrected chi connectivity index (χ3v) is 5.56. The first-order valence-corrected chi connectivity index (χ1v) is 11.0. The van der Waals surface area contributed by atoms with Gasteiger partial charge in [-0.2, -0.15) is 0 Å². The second-order valence-corrected chi connectivity index (χ2v) is 8.02. The van der Waals surface area contributed by atoms with Crippen molar-refractivity contribution in [1.29, 1.82) is 0 Å². The molecule has 34 heavy (non-hydrogen) atoms. The lowest BCUT2D eigenvalue weighted by Crippen LogP contribution is -2.12. The molecule has 0 atom stereocenters. The number of aromatic nitrogens is 1. The van der Waals surface area contributed by atoms with Gasteiger partial charge in [0.25, 0.3) is 0 Å². The van der Waals surface area contributed by atoms with E-state index in [1.165, 1.54) is 6.07 Å². The summed E-state index contributed by atoms with van der Waals surface area (Å²) in [7, 11) is 0. The van der Waals surface area contributed by atoms with Gasteiger partial charge in [-0.05, 0) is 24.6 Å². The zero-order valence-electron chi connectivity index (χ0n) is 18.6. The van der Waals surface area contributed by atoms with Crippen molar-refractivity contribution in [2.75, 3.05) is 5.32 Å². The highest BCUT2D eigenvalue weighted by Gasteiger charge is 2.17. The maximum absolute atomic E-state index is 12.6. The predicted molar refractivity (Wildman–Crippen MR) is 132 cm³/mol. The Balaban J connectivity index is 1.34. The van der Waals surface area contributed by atoms with Gasteiger partial charge in [0.2, 0.25) is 5.91 Å². The number of nitrogens with one attached hydrogen (secondary N) is 1. The van der Waals surface area contributed by atoms with Crippen LogP contribution in [0.1, 0.15) is 17.9 Å². The molecule has 0 unspecified atom stereocenters. The predicted octanol–water partition coefficient (Wildman–Crippen LogP) is 5.99. The van der Waals surface area contributed by atoms with Gasteiger partial charge in [0.1, 0.15) is 11.3 Å². The van der Waals surface area contributed by atoms with E-state index >= 15 is 0 Å². The Morgan fingerprint density at radius 2 is 1.59 bits per heavy atom. The molecule has 0 radical (unpaired) electrons. The van der Waals surface area contributed by atoms with E-state index < -0.39 is 5.63 Å². The van der Waals surface area contributed by atoms with E-state index in [2.05, 4.69) is 5.32 Å². The van der Waals surface area contributed by atoms with Crippen molar-refractivity contribution < 1.29 is 13.6 Å². The summed E-state index contributed by atoms with van der Waals surface area (Å²) in [6, 6.07) is 26.4. The molecule has 3 aromatic carbocycles. The van der Waals surface area contributed by atoms with Crippen LogP contribution >= 0.6 is 0 Å². The first-order valence-electron chi connectivity index (χ1n) is 11.0. The Kier molecular flexibility index (Phi) is 5.79. The van der Waals surface area contributed by atoms with Crippen molar-refractivity contribution in [2.24, 2.45) is 0 Å². The molecule has 2 heterocycles. The zero-order valence-corrected chi connectivity index (χ0v) is 18.6. The molecule has 0 saturated carbocycles. The zero-order chi connectivity index (χ0) is 23.5. The molecule has 6 heteroatoms. The number of nitrogens with zero attached hydrogens (tertiary/aromatic N) is 1. The topological polar surface area (TPSA) is 85.3 Å². The molecule has 0 saturated heterocycles. The van der Waals surface area contributed by atoms with E-state index in [0.29, 0.717) is 29.3 Å². The normalized spacial score (nSPS) is 11.0. The summed E-state index contributed by atoms with van der Waals surface area (Å²) in [5.74, 6) is 0.991. The van der Waals surface area contributed by atoms with Gasteiger partial charge in [0.15, 0.2) is 11.7 Å². The minimum absolute atomic E-state index is 0.185. The molecule has 0 aliphatic carbocycles. The van der Waals surface area contributed by atoms with Crippen LogP contribution in [0.25, 0.3) is 33.6 Å². The van der Waals surface area contributed by atoms with Crippen LogP contribution in [0.3, 0.4) is 0 Å². The van der Waals surface area contributed by atoms with Gasteiger partial charge >= 0.3 is 5.63 Å². The molecule has 5 aromatic rings. The summed E-state index contributed by atoms with van der Waals surface area (Å²) >= 11 is 0. The Morgan fingerprint density at radius 1 is 0.882 bits per heavy atom. The van der Waals surface area contributed by atoms with Gasteiger partial charge in [-0.25, -0.2) is 9.78 Å². The second-order valence-electron chi connectivity index (χ2n) is 8.02. The number of anilines is 1. The lowest BCUT2D eigenvalue weighted by Gasteiger charge is -2.06. The molecule has 0 fully saturated rings. The Labute approximate surface area is 195 Å². The Bertz CT molecular complexity index is 1460. The van der Waals surface area contributed by atoms with Gasteiger partial charge in [0.05, 0.1) is 0 Å². The van der Waals surface area contributed by atoms with Crippen LogP contribution in [0.2, 0.25) is 0 Å². The average Bonchev–Trinajstić information content (AvgIpc) is 3.28. The summed E-state index contributed by atoms with van der Waals surface area (Å²) < 4.78 is 11.4. The number of benzene rings is 3. The minimum atomic E-state index is -0.416. The fourth-order valence-electron chi connectivity index (χ4n) is 3.89. The second kappa shape index (κ2) is 9.19. The fraction of sp³-hybridized carbons (Fsp3) is 0.107. The Hall–Kier alpha value is -4.45. The van der Waals surface area contributed by atoms with E-state index in [4.69, 9.17) is 13.8 Å². The van der Waals surface area contributed by atoms with Gasteiger partial charge < -0.3 is 14.2 Å². The van der Waals surface area contributed by atoms with Crippen LogP contribution in [0, 0.1) is 6.92 Å².